The summed E-state index contributed by atoms with van der Waals surface area (Å²) in [5, 5.41) is 8.93. The Hall–Kier alpha value is -4.48. The van der Waals surface area contributed by atoms with Crippen LogP contribution in [0.15, 0.2) is 65.6 Å². The highest BCUT2D eigenvalue weighted by atomic mass is 19.2. The molecule has 0 bridgehead atoms. The maximum atomic E-state index is 14.0. The number of halogens is 2. The van der Waals surface area contributed by atoms with Gasteiger partial charge in [-0.05, 0) is 48.4 Å². The topological polar surface area (TPSA) is 98.5 Å². The summed E-state index contributed by atoms with van der Waals surface area (Å²) in [6.07, 6.45) is 1.21. The molecule has 1 aliphatic heterocycles. The van der Waals surface area contributed by atoms with Crippen molar-refractivity contribution in [3.05, 3.63) is 105 Å². The van der Waals surface area contributed by atoms with Gasteiger partial charge in [0.25, 0.3) is 11.5 Å². The summed E-state index contributed by atoms with van der Waals surface area (Å²) >= 11 is 0. The molecule has 1 aliphatic rings. The first kappa shape index (κ1) is 29.0. The number of aromatic nitrogens is 3. The van der Waals surface area contributed by atoms with Crippen LogP contribution in [0.5, 0.6) is 0 Å². The van der Waals surface area contributed by atoms with Crippen molar-refractivity contribution in [2.75, 3.05) is 20.6 Å². The zero-order valence-electron chi connectivity index (χ0n) is 23.7. The molecule has 11 heteroatoms. The molecule has 5 rings (SSSR count). The highest BCUT2D eigenvalue weighted by molar-refractivity contribution is 5.94. The summed E-state index contributed by atoms with van der Waals surface area (Å²) in [6.45, 7) is 2.30. The molecule has 1 saturated heterocycles. The Morgan fingerprint density at radius 1 is 1.07 bits per heavy atom. The fraction of sp³-hybridized carbons (Fsp3) is 0.290. The van der Waals surface area contributed by atoms with Gasteiger partial charge < -0.3 is 9.88 Å². The summed E-state index contributed by atoms with van der Waals surface area (Å²) in [5.74, 6) is -2.78. The SMILES string of the molecule is CNC(=O)c1cc(-c2nn(-c3ccccc3)c(CC(=O)C[C@@H]3CN(C)O[C@H]3c3ccc(F)c(F)c3)c2C)cn(C)c1=O. The number of carbonyl (C=O) groups excluding carboxylic acids is 2. The lowest BCUT2D eigenvalue weighted by Gasteiger charge is -2.17. The van der Waals surface area contributed by atoms with E-state index >= 15 is 0 Å². The van der Waals surface area contributed by atoms with Gasteiger partial charge in [-0.25, -0.2) is 13.5 Å². The van der Waals surface area contributed by atoms with E-state index in [1.807, 2.05) is 37.3 Å². The Balaban J connectivity index is 1.49. The van der Waals surface area contributed by atoms with Gasteiger partial charge in [0, 0.05) is 58.2 Å². The predicted molar refractivity (Wildman–Crippen MR) is 152 cm³/mol. The van der Waals surface area contributed by atoms with E-state index in [0.717, 1.165) is 23.4 Å². The Morgan fingerprint density at radius 3 is 2.50 bits per heavy atom. The first-order chi connectivity index (χ1) is 20.1. The van der Waals surface area contributed by atoms with E-state index < -0.39 is 29.2 Å². The number of pyridine rings is 1. The summed E-state index contributed by atoms with van der Waals surface area (Å²) in [6, 6.07) is 14.5. The largest absolute Gasteiger partial charge is 0.355 e. The molecule has 4 aromatic rings. The molecular weight excluding hydrogens is 544 g/mol. The van der Waals surface area contributed by atoms with Gasteiger partial charge in [0.2, 0.25) is 0 Å². The molecule has 3 heterocycles. The van der Waals surface area contributed by atoms with Crippen LogP contribution in [-0.2, 0) is 23.1 Å². The van der Waals surface area contributed by atoms with Crippen LogP contribution in [0.1, 0.15) is 39.7 Å². The zero-order valence-corrected chi connectivity index (χ0v) is 23.7. The first-order valence-electron chi connectivity index (χ1n) is 13.5. The second-order valence-corrected chi connectivity index (χ2v) is 10.5. The van der Waals surface area contributed by atoms with Crippen LogP contribution >= 0.6 is 0 Å². The van der Waals surface area contributed by atoms with Crippen molar-refractivity contribution in [1.29, 1.82) is 0 Å². The predicted octanol–water partition coefficient (Wildman–Crippen LogP) is 3.92. The number of ketones is 1. The molecule has 1 N–H and O–H groups in total. The van der Waals surface area contributed by atoms with E-state index in [9.17, 15) is 23.2 Å². The highest BCUT2D eigenvalue weighted by Crippen LogP contribution is 2.37. The van der Waals surface area contributed by atoms with Crippen LogP contribution < -0.4 is 10.9 Å². The van der Waals surface area contributed by atoms with Gasteiger partial charge in [-0.2, -0.15) is 10.2 Å². The van der Waals surface area contributed by atoms with Crippen LogP contribution in [0.2, 0.25) is 0 Å². The summed E-state index contributed by atoms with van der Waals surface area (Å²) in [7, 11) is 4.76. The standard InChI is InChI=1S/C31H31F2N5O4/c1-18-27(15-23(39)12-21-17-37(4)42-29(21)19-10-11-25(32)26(33)14-19)38(22-8-6-5-7-9-22)35-28(18)20-13-24(30(40)34-2)31(41)36(3)16-20/h5-11,13-14,16,21,29H,12,15,17H2,1-4H3,(H,34,40)/t21-,29+/m1/s1. The van der Waals surface area contributed by atoms with Crippen molar-refractivity contribution in [2.24, 2.45) is 13.0 Å². The van der Waals surface area contributed by atoms with Crippen LogP contribution in [0.4, 0.5) is 8.78 Å². The number of nitrogens with one attached hydrogen (secondary N) is 1. The molecule has 218 valence electrons. The number of para-hydroxylation sites is 1. The number of carbonyl (C=O) groups is 2. The second kappa shape index (κ2) is 11.8. The number of benzene rings is 2. The minimum atomic E-state index is -0.969. The molecule has 0 spiro atoms. The number of rotatable bonds is 8. The lowest BCUT2D eigenvalue weighted by Crippen LogP contribution is -2.30. The normalized spacial score (nSPS) is 17.0. The third-order valence-corrected chi connectivity index (χ3v) is 7.51. The second-order valence-electron chi connectivity index (χ2n) is 10.5. The molecular formula is C31H31F2N5O4. The van der Waals surface area contributed by atoms with E-state index in [-0.39, 0.29) is 30.1 Å². The minimum Gasteiger partial charge on any atom is -0.355 e. The molecule has 0 saturated carbocycles. The van der Waals surface area contributed by atoms with E-state index in [1.54, 1.807) is 30.0 Å². The van der Waals surface area contributed by atoms with Gasteiger partial charge in [0.05, 0.1) is 17.1 Å². The number of hydrogen-bond acceptors (Lipinski definition) is 6. The molecule has 9 nitrogen and oxygen atoms in total. The van der Waals surface area contributed by atoms with E-state index in [4.69, 9.17) is 9.94 Å². The summed E-state index contributed by atoms with van der Waals surface area (Å²) < 4.78 is 30.6. The molecule has 0 unspecified atom stereocenters. The maximum absolute atomic E-state index is 14.0. The van der Waals surface area contributed by atoms with Gasteiger partial charge >= 0.3 is 0 Å². The molecule has 42 heavy (non-hydrogen) atoms. The fourth-order valence-electron chi connectivity index (χ4n) is 5.43. The quantitative estimate of drug-likeness (QED) is 0.342. The Bertz CT molecular complexity index is 1720. The number of amides is 1. The Morgan fingerprint density at radius 2 is 1.81 bits per heavy atom. The van der Waals surface area contributed by atoms with Crippen molar-refractivity contribution in [2.45, 2.75) is 25.9 Å². The fourth-order valence-corrected chi connectivity index (χ4v) is 5.43. The number of nitrogens with zero attached hydrogens (tertiary/aromatic N) is 4. The molecule has 2 atom stereocenters. The van der Waals surface area contributed by atoms with Crippen LogP contribution in [0, 0.1) is 24.5 Å². The van der Waals surface area contributed by atoms with Crippen molar-refractivity contribution in [1.82, 2.24) is 24.7 Å². The molecule has 0 radical (unpaired) electrons. The van der Waals surface area contributed by atoms with E-state index in [0.29, 0.717) is 29.1 Å². The van der Waals surface area contributed by atoms with E-state index in [1.165, 1.54) is 23.7 Å². The lowest BCUT2D eigenvalue weighted by atomic mass is 9.90. The smallest absolute Gasteiger partial charge is 0.263 e. The molecule has 2 aromatic carbocycles. The lowest BCUT2D eigenvalue weighted by molar-refractivity contribution is -0.132. The summed E-state index contributed by atoms with van der Waals surface area (Å²) in [5.41, 5.74) is 3.23. The monoisotopic (exact) mass is 575 g/mol. The third-order valence-electron chi connectivity index (χ3n) is 7.51. The zero-order chi connectivity index (χ0) is 30.1. The first-order valence-corrected chi connectivity index (χ1v) is 13.5. The average molecular weight is 576 g/mol. The maximum Gasteiger partial charge on any atom is 0.263 e. The molecule has 2 aromatic heterocycles. The number of Topliss-reactive ketones (excluding diaryl/α,β-unsaturated/α-hetero) is 1. The van der Waals surface area contributed by atoms with Gasteiger partial charge in [-0.3, -0.25) is 19.2 Å². The van der Waals surface area contributed by atoms with Crippen molar-refractivity contribution >= 4 is 11.7 Å². The van der Waals surface area contributed by atoms with Crippen LogP contribution in [0.3, 0.4) is 0 Å². The average Bonchev–Trinajstić information content (AvgIpc) is 3.50. The molecule has 0 aliphatic carbocycles. The number of hydroxylamine groups is 2. The third kappa shape index (κ3) is 5.65. The van der Waals surface area contributed by atoms with Gasteiger partial charge in [-0.15, -0.1) is 0 Å². The highest BCUT2D eigenvalue weighted by Gasteiger charge is 2.36. The molecule has 1 amide bonds. The van der Waals surface area contributed by atoms with Crippen molar-refractivity contribution in [3.63, 3.8) is 0 Å². The minimum absolute atomic E-state index is 0.0163. The van der Waals surface area contributed by atoms with Crippen molar-refractivity contribution in [3.8, 4) is 16.9 Å². The van der Waals surface area contributed by atoms with Gasteiger partial charge in [0.1, 0.15) is 17.5 Å². The van der Waals surface area contributed by atoms with Gasteiger partial charge in [-0.1, -0.05) is 24.3 Å². The van der Waals surface area contributed by atoms with Crippen LogP contribution in [0.25, 0.3) is 16.9 Å². The van der Waals surface area contributed by atoms with Gasteiger partial charge in [0.15, 0.2) is 11.6 Å². The number of aryl methyl sites for hydroxylation is 1. The Kier molecular flexibility index (Phi) is 8.15. The van der Waals surface area contributed by atoms with Crippen molar-refractivity contribution < 1.29 is 23.2 Å². The Labute approximate surface area is 241 Å². The summed E-state index contributed by atoms with van der Waals surface area (Å²) in [4.78, 5) is 44.5. The number of hydrogen-bond donors (Lipinski definition) is 1. The van der Waals surface area contributed by atoms with Crippen LogP contribution in [-0.4, -0.2) is 51.7 Å². The van der Waals surface area contributed by atoms with E-state index in [2.05, 4.69) is 5.32 Å². The molecule has 1 fully saturated rings.